The molecule has 0 fully saturated rings. The Morgan fingerprint density at radius 3 is 2.54 bits per heavy atom. The molecule has 1 amide bonds. The zero-order valence-corrected chi connectivity index (χ0v) is 15.6. The number of aryl methyl sites for hydroxylation is 2. The molecular formula is C19H29N3O2. The minimum Gasteiger partial charge on any atom is -0.464 e. The second kappa shape index (κ2) is 7.69. The molecule has 132 valence electrons. The fourth-order valence-corrected chi connectivity index (χ4v) is 2.93. The molecule has 0 spiro atoms. The molecule has 2 heterocycles. The van der Waals surface area contributed by atoms with E-state index in [1.807, 2.05) is 32.9 Å². The van der Waals surface area contributed by atoms with E-state index in [2.05, 4.69) is 35.9 Å². The van der Waals surface area contributed by atoms with E-state index >= 15 is 0 Å². The van der Waals surface area contributed by atoms with Gasteiger partial charge in [-0.25, -0.2) is 0 Å². The third-order valence-electron chi connectivity index (χ3n) is 4.24. The average Bonchev–Trinajstić information content (AvgIpc) is 3.02. The predicted octanol–water partition coefficient (Wildman–Crippen LogP) is 3.87. The highest BCUT2D eigenvalue weighted by molar-refractivity contribution is 5.76. The molecule has 1 N–H and O–H groups in total. The van der Waals surface area contributed by atoms with E-state index in [1.165, 1.54) is 11.3 Å². The molecule has 5 heteroatoms. The van der Waals surface area contributed by atoms with Crippen molar-refractivity contribution in [2.24, 2.45) is 5.92 Å². The molecule has 2 aromatic heterocycles. The minimum absolute atomic E-state index is 0.0342. The van der Waals surface area contributed by atoms with Gasteiger partial charge in [-0.15, -0.1) is 0 Å². The number of hydrogen-bond donors (Lipinski definition) is 1. The number of nitrogens with zero attached hydrogens (tertiary/aromatic N) is 2. The van der Waals surface area contributed by atoms with Crippen molar-refractivity contribution < 1.29 is 9.21 Å². The molecule has 2 rings (SSSR count). The molecule has 0 bridgehead atoms. The van der Waals surface area contributed by atoms with Crippen LogP contribution in [-0.4, -0.2) is 15.7 Å². The third-order valence-corrected chi connectivity index (χ3v) is 4.24. The molecule has 0 aliphatic rings. The monoisotopic (exact) mass is 331 g/mol. The van der Waals surface area contributed by atoms with Crippen LogP contribution in [0.2, 0.25) is 0 Å². The molecular weight excluding hydrogens is 302 g/mol. The Bertz CT molecular complexity index is 698. The number of furan rings is 1. The van der Waals surface area contributed by atoms with Crippen molar-refractivity contribution in [2.45, 2.75) is 67.0 Å². The van der Waals surface area contributed by atoms with Gasteiger partial charge in [0.1, 0.15) is 11.5 Å². The van der Waals surface area contributed by atoms with Crippen LogP contribution < -0.4 is 5.32 Å². The summed E-state index contributed by atoms with van der Waals surface area (Å²) < 4.78 is 7.62. The van der Waals surface area contributed by atoms with E-state index in [0.717, 1.165) is 23.8 Å². The van der Waals surface area contributed by atoms with Gasteiger partial charge in [0.25, 0.3) is 0 Å². The van der Waals surface area contributed by atoms with Crippen LogP contribution in [0.5, 0.6) is 0 Å². The van der Waals surface area contributed by atoms with Gasteiger partial charge in [0.15, 0.2) is 0 Å². The topological polar surface area (TPSA) is 60.1 Å². The van der Waals surface area contributed by atoms with Crippen molar-refractivity contribution in [3.63, 3.8) is 0 Å². The maximum absolute atomic E-state index is 12.2. The van der Waals surface area contributed by atoms with Gasteiger partial charge in [-0.2, -0.15) is 5.10 Å². The Labute approximate surface area is 144 Å². The van der Waals surface area contributed by atoms with Crippen LogP contribution in [-0.2, 0) is 17.8 Å². The van der Waals surface area contributed by atoms with Crippen LogP contribution in [0.1, 0.15) is 61.7 Å². The Morgan fingerprint density at radius 1 is 1.25 bits per heavy atom. The summed E-state index contributed by atoms with van der Waals surface area (Å²) in [6, 6.07) is 3.70. The van der Waals surface area contributed by atoms with Gasteiger partial charge in [0, 0.05) is 18.7 Å². The summed E-state index contributed by atoms with van der Waals surface area (Å²) in [5, 5.41) is 7.61. The Balaban J connectivity index is 1.93. The summed E-state index contributed by atoms with van der Waals surface area (Å²) in [5.41, 5.74) is 3.38. The van der Waals surface area contributed by atoms with Crippen molar-refractivity contribution in [3.8, 4) is 0 Å². The molecule has 0 aliphatic carbocycles. The van der Waals surface area contributed by atoms with Crippen molar-refractivity contribution >= 4 is 5.91 Å². The highest BCUT2D eigenvalue weighted by Gasteiger charge is 2.16. The molecule has 0 saturated carbocycles. The second-order valence-electron chi connectivity index (χ2n) is 6.96. The van der Waals surface area contributed by atoms with Crippen LogP contribution in [0.25, 0.3) is 0 Å². The van der Waals surface area contributed by atoms with Crippen LogP contribution in [0, 0.1) is 26.7 Å². The maximum Gasteiger partial charge on any atom is 0.220 e. The van der Waals surface area contributed by atoms with Gasteiger partial charge in [0.05, 0.1) is 11.7 Å². The number of hydrogen-bond acceptors (Lipinski definition) is 3. The molecule has 1 atom stereocenters. The van der Waals surface area contributed by atoms with Gasteiger partial charge < -0.3 is 9.73 Å². The van der Waals surface area contributed by atoms with Crippen LogP contribution >= 0.6 is 0 Å². The lowest BCUT2D eigenvalue weighted by molar-refractivity contribution is -0.121. The van der Waals surface area contributed by atoms with Gasteiger partial charge >= 0.3 is 0 Å². The van der Waals surface area contributed by atoms with Crippen LogP contribution in [0.15, 0.2) is 16.5 Å². The summed E-state index contributed by atoms with van der Waals surface area (Å²) in [7, 11) is 0. The van der Waals surface area contributed by atoms with Gasteiger partial charge in [-0.3, -0.25) is 9.48 Å². The van der Waals surface area contributed by atoms with Gasteiger partial charge in [-0.05, 0) is 57.7 Å². The number of rotatable bonds is 7. The highest BCUT2D eigenvalue weighted by Crippen LogP contribution is 2.18. The van der Waals surface area contributed by atoms with Crippen LogP contribution in [0.3, 0.4) is 0 Å². The molecule has 24 heavy (non-hydrogen) atoms. The summed E-state index contributed by atoms with van der Waals surface area (Å²) in [6.45, 7) is 13.2. The predicted molar refractivity (Wildman–Crippen MR) is 94.9 cm³/mol. The molecule has 5 nitrogen and oxygen atoms in total. The van der Waals surface area contributed by atoms with E-state index in [1.54, 1.807) is 0 Å². The lowest BCUT2D eigenvalue weighted by Gasteiger charge is -2.12. The van der Waals surface area contributed by atoms with E-state index in [9.17, 15) is 4.79 Å². The molecule has 0 aromatic carbocycles. The summed E-state index contributed by atoms with van der Waals surface area (Å²) in [4.78, 5) is 12.2. The Hall–Kier alpha value is -2.04. The van der Waals surface area contributed by atoms with Gasteiger partial charge in [-0.1, -0.05) is 13.8 Å². The standard InChI is InChI=1S/C19H29N3O2/c1-12(2)11-22-16(6)17(14(4)21-22)8-10-19(23)20-15(5)18-9-7-13(3)24-18/h7,9,12,15H,8,10-11H2,1-6H3,(H,20,23)/t15-/m1/s1. The molecule has 0 unspecified atom stereocenters. The zero-order chi connectivity index (χ0) is 17.9. The summed E-state index contributed by atoms with van der Waals surface area (Å²) in [6.07, 6.45) is 1.17. The first kappa shape index (κ1) is 18.3. The zero-order valence-electron chi connectivity index (χ0n) is 15.6. The first-order chi connectivity index (χ1) is 11.3. The van der Waals surface area contributed by atoms with E-state index in [-0.39, 0.29) is 11.9 Å². The van der Waals surface area contributed by atoms with E-state index in [0.29, 0.717) is 18.8 Å². The molecule has 2 aromatic rings. The SMILES string of the molecule is Cc1ccc([C@@H](C)NC(=O)CCc2c(C)nn(CC(C)C)c2C)o1. The smallest absolute Gasteiger partial charge is 0.220 e. The summed E-state index contributed by atoms with van der Waals surface area (Å²) >= 11 is 0. The van der Waals surface area contributed by atoms with Crippen molar-refractivity contribution in [2.75, 3.05) is 0 Å². The van der Waals surface area contributed by atoms with Gasteiger partial charge in [0.2, 0.25) is 5.91 Å². The van der Waals surface area contributed by atoms with Crippen molar-refractivity contribution in [1.29, 1.82) is 0 Å². The molecule has 0 radical (unpaired) electrons. The Morgan fingerprint density at radius 2 is 1.96 bits per heavy atom. The largest absolute Gasteiger partial charge is 0.464 e. The maximum atomic E-state index is 12.2. The van der Waals surface area contributed by atoms with Crippen molar-refractivity contribution in [3.05, 3.63) is 40.6 Å². The highest BCUT2D eigenvalue weighted by atomic mass is 16.3. The quantitative estimate of drug-likeness (QED) is 0.838. The average molecular weight is 331 g/mol. The third kappa shape index (κ3) is 4.49. The molecule has 0 aliphatic heterocycles. The number of nitrogens with one attached hydrogen (secondary N) is 1. The minimum atomic E-state index is -0.114. The Kier molecular flexibility index (Phi) is 5.86. The normalized spacial score (nSPS) is 12.6. The number of carbonyl (C=O) groups is 1. The first-order valence-corrected chi connectivity index (χ1v) is 8.66. The molecule has 0 saturated heterocycles. The second-order valence-corrected chi connectivity index (χ2v) is 6.96. The first-order valence-electron chi connectivity index (χ1n) is 8.66. The van der Waals surface area contributed by atoms with E-state index in [4.69, 9.17) is 4.42 Å². The summed E-state index contributed by atoms with van der Waals surface area (Å²) in [5.74, 6) is 2.23. The fraction of sp³-hybridized carbons (Fsp3) is 0.579. The lowest BCUT2D eigenvalue weighted by Crippen LogP contribution is -2.26. The number of carbonyl (C=O) groups excluding carboxylic acids is 1. The number of aromatic nitrogens is 2. The van der Waals surface area contributed by atoms with Crippen LogP contribution in [0.4, 0.5) is 0 Å². The van der Waals surface area contributed by atoms with E-state index < -0.39 is 0 Å². The lowest BCUT2D eigenvalue weighted by atomic mass is 10.1. The fourth-order valence-electron chi connectivity index (χ4n) is 2.93. The van der Waals surface area contributed by atoms with Crippen molar-refractivity contribution in [1.82, 2.24) is 15.1 Å². The number of amides is 1.